The van der Waals surface area contributed by atoms with Gasteiger partial charge in [0.1, 0.15) is 17.2 Å². The first-order valence-electron chi connectivity index (χ1n) is 14.2. The summed E-state index contributed by atoms with van der Waals surface area (Å²) in [6.45, 7) is 10.3. The van der Waals surface area contributed by atoms with Crippen LogP contribution in [0.5, 0.6) is 17.2 Å². The van der Waals surface area contributed by atoms with Crippen LogP contribution in [0.15, 0.2) is 60.7 Å². The number of benzene rings is 3. The molecule has 0 unspecified atom stereocenters. The number of anilines is 1. The summed E-state index contributed by atoms with van der Waals surface area (Å²) in [7, 11) is 0. The number of hydrogen-bond acceptors (Lipinski definition) is 6. The van der Waals surface area contributed by atoms with Gasteiger partial charge in [0.15, 0.2) is 0 Å². The maximum Gasteiger partial charge on any atom is 0.397 e. The van der Waals surface area contributed by atoms with Gasteiger partial charge in [-0.15, -0.1) is 0 Å². The van der Waals surface area contributed by atoms with E-state index in [1.54, 1.807) is 31.2 Å². The Labute approximate surface area is 238 Å². The maximum absolute atomic E-state index is 12.0. The van der Waals surface area contributed by atoms with Crippen molar-refractivity contribution < 1.29 is 24.2 Å². The van der Waals surface area contributed by atoms with Crippen LogP contribution >= 0.6 is 0 Å². The molecule has 0 saturated carbocycles. The van der Waals surface area contributed by atoms with Crippen LogP contribution in [0.25, 0.3) is 0 Å². The molecule has 3 aromatic carbocycles. The third-order valence-corrected chi connectivity index (χ3v) is 6.73. The molecular weight excluding hydrogens is 504 g/mol. The molecule has 0 bridgehead atoms. The fraction of sp³-hybridized carbons (Fsp3) is 0.394. The van der Waals surface area contributed by atoms with Crippen molar-refractivity contribution in [1.82, 2.24) is 4.90 Å². The average molecular weight is 547 g/mol. The molecule has 214 valence electrons. The molecule has 0 saturated heterocycles. The molecule has 7 nitrogen and oxygen atoms in total. The normalized spacial score (nSPS) is 10.9. The summed E-state index contributed by atoms with van der Waals surface area (Å²) in [5.41, 5.74) is 4.21. The second-order valence-electron chi connectivity index (χ2n) is 10.1. The number of nitrogens with zero attached hydrogens (tertiary/aromatic N) is 1. The standard InChI is InChI=1S/C33H42N2O5/c1-5-7-8-12-18-35(19-17-26-13-10-9-11-14-26)23-27-22-29(15-16-30(27)36)40-31-24(3)20-28(21-25(31)4)34-32(37)33(38)39-6-2/h9-11,13-16,20-22,36H,5-8,12,17-19,23H2,1-4H3,(H,34,37). The second kappa shape index (κ2) is 15.7. The van der Waals surface area contributed by atoms with Gasteiger partial charge in [-0.2, -0.15) is 0 Å². The molecule has 0 radical (unpaired) electrons. The van der Waals surface area contributed by atoms with Gasteiger partial charge in [-0.05, 0) is 87.2 Å². The lowest BCUT2D eigenvalue weighted by Crippen LogP contribution is -2.27. The van der Waals surface area contributed by atoms with E-state index in [9.17, 15) is 14.7 Å². The predicted octanol–water partition coefficient (Wildman–Crippen LogP) is 6.93. The highest BCUT2D eigenvalue weighted by molar-refractivity contribution is 6.37. The zero-order chi connectivity index (χ0) is 28.9. The van der Waals surface area contributed by atoms with Crippen molar-refractivity contribution in [3.63, 3.8) is 0 Å². The topological polar surface area (TPSA) is 88.1 Å². The molecule has 0 fully saturated rings. The predicted molar refractivity (Wildman–Crippen MR) is 159 cm³/mol. The number of phenols is 1. The summed E-state index contributed by atoms with van der Waals surface area (Å²) in [4.78, 5) is 26.1. The van der Waals surface area contributed by atoms with Gasteiger partial charge in [-0.3, -0.25) is 9.69 Å². The number of amides is 1. The fourth-order valence-electron chi connectivity index (χ4n) is 4.64. The molecule has 0 aliphatic rings. The van der Waals surface area contributed by atoms with Crippen LogP contribution in [0.4, 0.5) is 5.69 Å². The molecule has 0 aliphatic carbocycles. The molecule has 0 heterocycles. The van der Waals surface area contributed by atoms with Crippen LogP contribution < -0.4 is 10.1 Å². The lowest BCUT2D eigenvalue weighted by atomic mass is 10.1. The van der Waals surface area contributed by atoms with Crippen molar-refractivity contribution in [3.8, 4) is 17.2 Å². The van der Waals surface area contributed by atoms with Crippen molar-refractivity contribution in [2.24, 2.45) is 0 Å². The molecule has 0 atom stereocenters. The van der Waals surface area contributed by atoms with Crippen LogP contribution in [-0.2, 0) is 27.3 Å². The van der Waals surface area contributed by atoms with E-state index >= 15 is 0 Å². The van der Waals surface area contributed by atoms with Crippen molar-refractivity contribution in [2.75, 3.05) is 25.0 Å². The van der Waals surface area contributed by atoms with Crippen LogP contribution in [0, 0.1) is 13.8 Å². The van der Waals surface area contributed by atoms with E-state index in [4.69, 9.17) is 9.47 Å². The molecular formula is C33H42N2O5. The lowest BCUT2D eigenvalue weighted by Gasteiger charge is -2.23. The number of aromatic hydroxyl groups is 1. The number of hydrogen-bond donors (Lipinski definition) is 2. The van der Waals surface area contributed by atoms with Crippen molar-refractivity contribution in [1.29, 1.82) is 0 Å². The van der Waals surface area contributed by atoms with E-state index in [2.05, 4.69) is 41.4 Å². The van der Waals surface area contributed by atoms with Gasteiger partial charge in [0.2, 0.25) is 0 Å². The van der Waals surface area contributed by atoms with Crippen LogP contribution in [0.1, 0.15) is 61.8 Å². The van der Waals surface area contributed by atoms with Gasteiger partial charge < -0.3 is 19.9 Å². The number of unbranched alkanes of at least 4 members (excludes halogenated alkanes) is 3. The molecule has 0 aromatic heterocycles. The fourth-order valence-corrected chi connectivity index (χ4v) is 4.64. The Kier molecular flexibility index (Phi) is 12.0. The number of carbonyl (C=O) groups is 2. The van der Waals surface area contributed by atoms with Crippen molar-refractivity contribution >= 4 is 17.6 Å². The highest BCUT2D eigenvalue weighted by Crippen LogP contribution is 2.34. The smallest absolute Gasteiger partial charge is 0.397 e. The van der Waals surface area contributed by atoms with Crippen molar-refractivity contribution in [3.05, 3.63) is 82.9 Å². The zero-order valence-corrected chi connectivity index (χ0v) is 24.2. The number of rotatable bonds is 14. The van der Waals surface area contributed by atoms with E-state index < -0.39 is 11.9 Å². The van der Waals surface area contributed by atoms with Crippen LogP contribution in [-0.4, -0.2) is 41.6 Å². The minimum atomic E-state index is -0.919. The monoisotopic (exact) mass is 546 g/mol. The first-order valence-corrected chi connectivity index (χ1v) is 14.2. The molecule has 1 amide bonds. The first kappa shape index (κ1) is 30.7. The molecule has 7 heteroatoms. The highest BCUT2D eigenvalue weighted by atomic mass is 16.5. The molecule has 0 aliphatic heterocycles. The highest BCUT2D eigenvalue weighted by Gasteiger charge is 2.17. The number of aryl methyl sites for hydroxylation is 2. The summed E-state index contributed by atoms with van der Waals surface area (Å²) in [6, 6.07) is 19.3. The van der Waals surface area contributed by atoms with E-state index in [0.29, 0.717) is 23.7 Å². The molecule has 3 aromatic rings. The summed E-state index contributed by atoms with van der Waals surface area (Å²) >= 11 is 0. The third kappa shape index (κ3) is 9.42. The minimum absolute atomic E-state index is 0.134. The van der Waals surface area contributed by atoms with Crippen molar-refractivity contribution in [2.45, 2.75) is 66.3 Å². The summed E-state index contributed by atoms with van der Waals surface area (Å²) in [6.07, 6.45) is 5.69. The van der Waals surface area contributed by atoms with E-state index in [-0.39, 0.29) is 12.4 Å². The van der Waals surface area contributed by atoms with Gasteiger partial charge in [-0.25, -0.2) is 4.79 Å². The first-order chi connectivity index (χ1) is 19.3. The van der Waals surface area contributed by atoms with E-state index in [0.717, 1.165) is 42.6 Å². The van der Waals surface area contributed by atoms with Gasteiger partial charge in [0.05, 0.1) is 6.61 Å². The van der Waals surface area contributed by atoms with Gasteiger partial charge >= 0.3 is 11.9 Å². The maximum atomic E-state index is 12.0. The SMILES string of the molecule is CCCCCCN(CCc1ccccc1)Cc1cc(Oc2c(C)cc(NC(=O)C(=O)OCC)cc2C)ccc1O. The number of carbonyl (C=O) groups excluding carboxylic acids is 2. The largest absolute Gasteiger partial charge is 0.508 e. The Balaban J connectivity index is 1.73. The van der Waals surface area contributed by atoms with Crippen LogP contribution in [0.2, 0.25) is 0 Å². The number of esters is 1. The van der Waals surface area contributed by atoms with Gasteiger partial charge in [-0.1, -0.05) is 56.5 Å². The minimum Gasteiger partial charge on any atom is -0.508 e. The Bertz CT molecular complexity index is 1240. The zero-order valence-electron chi connectivity index (χ0n) is 24.2. The Hall–Kier alpha value is -3.84. The summed E-state index contributed by atoms with van der Waals surface area (Å²) < 4.78 is 11.0. The molecule has 40 heavy (non-hydrogen) atoms. The summed E-state index contributed by atoms with van der Waals surface area (Å²) in [5, 5.41) is 13.3. The van der Waals surface area contributed by atoms with E-state index in [1.807, 2.05) is 26.0 Å². The average Bonchev–Trinajstić information content (AvgIpc) is 2.93. The second-order valence-corrected chi connectivity index (χ2v) is 10.1. The molecule has 0 spiro atoms. The Morgan fingerprint density at radius 3 is 2.30 bits per heavy atom. The quantitative estimate of drug-likeness (QED) is 0.130. The Morgan fingerprint density at radius 1 is 0.900 bits per heavy atom. The Morgan fingerprint density at radius 2 is 1.62 bits per heavy atom. The lowest BCUT2D eigenvalue weighted by molar-refractivity contribution is -0.152. The van der Waals surface area contributed by atoms with Crippen LogP contribution in [0.3, 0.4) is 0 Å². The van der Waals surface area contributed by atoms with Gasteiger partial charge in [0, 0.05) is 24.3 Å². The summed E-state index contributed by atoms with van der Waals surface area (Å²) in [5.74, 6) is -0.208. The molecule has 3 rings (SSSR count). The number of nitrogens with one attached hydrogen (secondary N) is 1. The molecule has 2 N–H and O–H groups in total. The van der Waals surface area contributed by atoms with Gasteiger partial charge in [0.25, 0.3) is 0 Å². The number of phenolic OH excluding ortho intramolecular Hbond substituents is 1. The third-order valence-electron chi connectivity index (χ3n) is 6.73. The van der Waals surface area contributed by atoms with E-state index in [1.165, 1.54) is 24.8 Å². The number of ether oxygens (including phenoxy) is 2.